The Morgan fingerprint density at radius 1 is 1.11 bits per heavy atom. The Morgan fingerprint density at radius 3 is 2.36 bits per heavy atom. The summed E-state index contributed by atoms with van der Waals surface area (Å²) < 4.78 is 43.0. The van der Waals surface area contributed by atoms with Gasteiger partial charge in [0.05, 0.1) is 25.6 Å². The lowest BCUT2D eigenvalue weighted by Gasteiger charge is -2.18. The summed E-state index contributed by atoms with van der Waals surface area (Å²) in [5.41, 5.74) is 0.954. The van der Waals surface area contributed by atoms with Gasteiger partial charge in [0.15, 0.2) is 5.17 Å². The number of aliphatic imine (C=N–C) groups is 1. The summed E-state index contributed by atoms with van der Waals surface area (Å²) in [6, 6.07) is 12.3. The Balaban J connectivity index is 1.57. The number of nitrogens with zero attached hydrogens (tertiary/aromatic N) is 2. The highest BCUT2D eigenvalue weighted by molar-refractivity contribution is 8.13. The van der Waals surface area contributed by atoms with Crippen molar-refractivity contribution in [3.63, 3.8) is 0 Å². The van der Waals surface area contributed by atoms with E-state index in [9.17, 15) is 18.0 Å². The molecular formula is C20H19F3N2O2S. The molecule has 0 aromatic heterocycles. The summed E-state index contributed by atoms with van der Waals surface area (Å²) >= 11 is 1.36. The lowest BCUT2D eigenvalue weighted by Crippen LogP contribution is -2.34. The number of alkyl halides is 3. The molecule has 0 N–H and O–H groups in total. The molecule has 3 rings (SSSR count). The van der Waals surface area contributed by atoms with Crippen LogP contribution in [-0.2, 0) is 23.1 Å². The van der Waals surface area contributed by atoms with Gasteiger partial charge >= 0.3 is 6.18 Å². The zero-order valence-electron chi connectivity index (χ0n) is 15.2. The maximum absolute atomic E-state index is 12.6. The van der Waals surface area contributed by atoms with Crippen molar-refractivity contribution in [1.29, 1.82) is 0 Å². The Labute approximate surface area is 165 Å². The van der Waals surface area contributed by atoms with Crippen LogP contribution in [0.2, 0.25) is 0 Å². The maximum atomic E-state index is 12.6. The molecule has 0 unspecified atom stereocenters. The van der Waals surface area contributed by atoms with Gasteiger partial charge in [-0.2, -0.15) is 13.2 Å². The summed E-state index contributed by atoms with van der Waals surface area (Å²) in [5, 5.41) is 0.610. The Morgan fingerprint density at radius 2 is 1.75 bits per heavy atom. The summed E-state index contributed by atoms with van der Waals surface area (Å²) in [4.78, 5) is 18.6. The Bertz CT molecular complexity index is 849. The van der Waals surface area contributed by atoms with Crippen molar-refractivity contribution < 1.29 is 22.7 Å². The molecule has 1 aliphatic rings. The standard InChI is InChI=1S/C20H19F3N2O2S/c1-27-17-8-4-14(5-9-17)12-18(26)25-11-10-24-19(25)28-13-15-2-6-16(7-3-15)20(21,22)23/h2-9H,10-13H2,1H3. The quantitative estimate of drug-likeness (QED) is 0.737. The van der Waals surface area contributed by atoms with Crippen LogP contribution in [0.1, 0.15) is 16.7 Å². The molecule has 1 amide bonds. The van der Waals surface area contributed by atoms with Crippen molar-refractivity contribution >= 4 is 22.8 Å². The topological polar surface area (TPSA) is 41.9 Å². The first kappa shape index (κ1) is 20.3. The lowest BCUT2D eigenvalue weighted by molar-refractivity contribution is -0.137. The molecule has 2 aromatic rings. The van der Waals surface area contributed by atoms with Crippen LogP contribution in [0.5, 0.6) is 5.75 Å². The summed E-state index contributed by atoms with van der Waals surface area (Å²) in [6.45, 7) is 1.05. The van der Waals surface area contributed by atoms with E-state index in [2.05, 4.69) is 4.99 Å². The first-order valence-corrected chi connectivity index (χ1v) is 9.62. The zero-order valence-corrected chi connectivity index (χ0v) is 16.0. The van der Waals surface area contributed by atoms with Crippen LogP contribution in [0.15, 0.2) is 53.5 Å². The number of carbonyl (C=O) groups is 1. The highest BCUT2D eigenvalue weighted by Crippen LogP contribution is 2.30. The van der Waals surface area contributed by atoms with E-state index in [4.69, 9.17) is 4.74 Å². The summed E-state index contributed by atoms with van der Waals surface area (Å²) in [6.07, 6.45) is -4.09. The number of benzene rings is 2. The average molecular weight is 408 g/mol. The van der Waals surface area contributed by atoms with Gasteiger partial charge in [-0.3, -0.25) is 14.7 Å². The van der Waals surface area contributed by atoms with Gasteiger partial charge < -0.3 is 4.74 Å². The van der Waals surface area contributed by atoms with Crippen molar-refractivity contribution in [3.05, 3.63) is 65.2 Å². The minimum absolute atomic E-state index is 0.0543. The second kappa shape index (κ2) is 8.68. The van der Waals surface area contributed by atoms with Crippen LogP contribution in [0.25, 0.3) is 0 Å². The second-order valence-corrected chi connectivity index (χ2v) is 7.16. The van der Waals surface area contributed by atoms with Gasteiger partial charge in [-0.15, -0.1) is 0 Å². The first-order chi connectivity index (χ1) is 13.4. The minimum Gasteiger partial charge on any atom is -0.497 e. The number of methoxy groups -OCH3 is 1. The monoisotopic (exact) mass is 408 g/mol. The third-order valence-corrected chi connectivity index (χ3v) is 5.35. The van der Waals surface area contributed by atoms with E-state index >= 15 is 0 Å². The van der Waals surface area contributed by atoms with Crippen molar-refractivity contribution in [2.24, 2.45) is 4.99 Å². The molecule has 0 aliphatic carbocycles. The number of hydrogen-bond donors (Lipinski definition) is 0. The number of carbonyl (C=O) groups excluding carboxylic acids is 1. The number of amidine groups is 1. The molecule has 0 bridgehead atoms. The molecule has 1 heterocycles. The Hall–Kier alpha value is -2.48. The van der Waals surface area contributed by atoms with E-state index in [0.29, 0.717) is 24.0 Å². The van der Waals surface area contributed by atoms with Crippen molar-refractivity contribution in [1.82, 2.24) is 4.90 Å². The number of ether oxygens (including phenoxy) is 1. The molecule has 28 heavy (non-hydrogen) atoms. The van der Waals surface area contributed by atoms with E-state index in [1.54, 1.807) is 24.1 Å². The third-order valence-electron chi connectivity index (χ3n) is 4.27. The normalized spacial score (nSPS) is 14.1. The molecule has 8 heteroatoms. The average Bonchev–Trinajstić information content (AvgIpc) is 3.15. The van der Waals surface area contributed by atoms with E-state index in [0.717, 1.165) is 29.0 Å². The zero-order chi connectivity index (χ0) is 20.1. The molecular weight excluding hydrogens is 389 g/mol. The number of hydrogen-bond acceptors (Lipinski definition) is 4. The van der Waals surface area contributed by atoms with Crippen molar-refractivity contribution in [2.45, 2.75) is 18.3 Å². The predicted octanol–water partition coefficient (Wildman–Crippen LogP) is 4.39. The second-order valence-electron chi connectivity index (χ2n) is 6.22. The first-order valence-electron chi connectivity index (χ1n) is 8.63. The number of halogens is 3. The highest BCUT2D eigenvalue weighted by Gasteiger charge is 2.30. The van der Waals surface area contributed by atoms with Gasteiger partial charge in [-0.05, 0) is 35.4 Å². The van der Waals surface area contributed by atoms with Gasteiger partial charge in [-0.25, -0.2) is 0 Å². The molecule has 2 aromatic carbocycles. The van der Waals surface area contributed by atoms with Gasteiger partial charge in [-0.1, -0.05) is 36.0 Å². The smallest absolute Gasteiger partial charge is 0.416 e. The van der Waals surface area contributed by atoms with E-state index in [-0.39, 0.29) is 12.3 Å². The van der Waals surface area contributed by atoms with Crippen LogP contribution in [0.3, 0.4) is 0 Å². The lowest BCUT2D eigenvalue weighted by atomic mass is 10.1. The van der Waals surface area contributed by atoms with Crippen LogP contribution in [-0.4, -0.2) is 36.2 Å². The molecule has 0 saturated carbocycles. The molecule has 148 valence electrons. The summed E-state index contributed by atoms with van der Waals surface area (Å²) in [5.74, 6) is 1.12. The maximum Gasteiger partial charge on any atom is 0.416 e. The summed E-state index contributed by atoms with van der Waals surface area (Å²) in [7, 11) is 1.58. The van der Waals surface area contributed by atoms with Crippen LogP contribution < -0.4 is 4.74 Å². The van der Waals surface area contributed by atoms with E-state index < -0.39 is 11.7 Å². The number of thioether (sulfide) groups is 1. The Kier molecular flexibility index (Phi) is 6.28. The van der Waals surface area contributed by atoms with E-state index in [1.807, 2.05) is 12.1 Å². The third kappa shape index (κ3) is 5.07. The van der Waals surface area contributed by atoms with Gasteiger partial charge in [0, 0.05) is 12.3 Å². The molecule has 0 atom stereocenters. The SMILES string of the molecule is COc1ccc(CC(=O)N2CCN=C2SCc2ccc(C(F)(F)F)cc2)cc1. The van der Waals surface area contributed by atoms with Gasteiger partial charge in [0.25, 0.3) is 0 Å². The molecule has 0 spiro atoms. The van der Waals surface area contributed by atoms with Gasteiger partial charge in [0.2, 0.25) is 5.91 Å². The fraction of sp³-hybridized carbons (Fsp3) is 0.300. The molecule has 4 nitrogen and oxygen atoms in total. The minimum atomic E-state index is -4.34. The van der Waals surface area contributed by atoms with Crippen LogP contribution >= 0.6 is 11.8 Å². The molecule has 0 saturated heterocycles. The predicted molar refractivity (Wildman–Crippen MR) is 103 cm³/mol. The van der Waals surface area contributed by atoms with Gasteiger partial charge in [0.1, 0.15) is 5.75 Å². The largest absolute Gasteiger partial charge is 0.497 e. The van der Waals surface area contributed by atoms with Crippen molar-refractivity contribution in [3.8, 4) is 5.75 Å². The van der Waals surface area contributed by atoms with Crippen LogP contribution in [0, 0.1) is 0 Å². The fourth-order valence-electron chi connectivity index (χ4n) is 2.73. The molecule has 0 radical (unpaired) electrons. The van der Waals surface area contributed by atoms with E-state index in [1.165, 1.54) is 23.9 Å². The number of rotatable bonds is 5. The van der Waals surface area contributed by atoms with Crippen molar-refractivity contribution in [2.75, 3.05) is 20.2 Å². The fourth-order valence-corrected chi connectivity index (χ4v) is 3.75. The molecule has 1 aliphatic heterocycles. The van der Waals surface area contributed by atoms with Crippen LogP contribution in [0.4, 0.5) is 13.2 Å². The molecule has 0 fully saturated rings. The highest BCUT2D eigenvalue weighted by atomic mass is 32.2. The number of amides is 1.